The zero-order valence-electron chi connectivity index (χ0n) is 6.11. The number of carboxylic acid groups (broad SMARTS) is 1. The van der Waals surface area contributed by atoms with E-state index in [1.165, 1.54) is 6.92 Å². The molecule has 0 radical (unpaired) electrons. The molecule has 0 saturated heterocycles. The van der Waals surface area contributed by atoms with Gasteiger partial charge in [-0.25, -0.2) is 4.79 Å². The number of nitrogens with zero attached hydrogens (tertiary/aromatic N) is 1. The Balaban J connectivity index is 3.68. The van der Waals surface area contributed by atoms with Crippen LogP contribution in [-0.4, -0.2) is 30.0 Å². The van der Waals surface area contributed by atoms with Gasteiger partial charge in [0.2, 0.25) is 0 Å². The number of amides is 1. The molecule has 0 fully saturated rings. The van der Waals surface area contributed by atoms with Crippen LogP contribution < -0.4 is 0 Å². The largest absolute Gasteiger partial charge is 0.481 e. The molecule has 0 spiro atoms. The smallest absolute Gasteiger partial charge is 0.433 e. The number of ether oxygens (including phenoxy) is 1. The van der Waals surface area contributed by atoms with Crippen molar-refractivity contribution >= 4 is 18.8 Å². The van der Waals surface area contributed by atoms with E-state index in [2.05, 4.69) is 16.4 Å². The first-order valence-electron chi connectivity index (χ1n) is 2.95. The van der Waals surface area contributed by atoms with Crippen molar-refractivity contribution in [1.29, 1.82) is 0 Å². The monoisotopic (exact) mass is 159 g/mol. The molecule has 0 rings (SSSR count). The standard InChI is InChI=1S/C6H9NO4/c1-4(3-5(8)9)11-6(10)7-2/h4H,2-3H2,1H3,(H,8,9)/t4-/m1/s1. The molecule has 11 heavy (non-hydrogen) atoms. The highest BCUT2D eigenvalue weighted by atomic mass is 16.6. The Labute approximate surface area is 63.7 Å². The van der Waals surface area contributed by atoms with Gasteiger partial charge in [-0.1, -0.05) is 0 Å². The molecule has 0 bridgehead atoms. The van der Waals surface area contributed by atoms with Gasteiger partial charge in [0.15, 0.2) is 0 Å². The van der Waals surface area contributed by atoms with Crippen LogP contribution in [0.5, 0.6) is 0 Å². The maximum absolute atomic E-state index is 10.4. The molecule has 5 heteroatoms. The minimum absolute atomic E-state index is 0.221. The Bertz CT molecular complexity index is 177. The SMILES string of the molecule is C=NC(=O)O[C@H](C)CC(=O)O. The van der Waals surface area contributed by atoms with Crippen molar-refractivity contribution in [1.82, 2.24) is 0 Å². The summed E-state index contributed by atoms with van der Waals surface area (Å²) >= 11 is 0. The number of rotatable bonds is 3. The zero-order chi connectivity index (χ0) is 8.85. The second-order valence-electron chi connectivity index (χ2n) is 1.95. The van der Waals surface area contributed by atoms with Crippen molar-refractivity contribution in [3.8, 4) is 0 Å². The molecule has 0 unspecified atom stereocenters. The molecule has 0 saturated carbocycles. The summed E-state index contributed by atoms with van der Waals surface area (Å²) in [6.45, 7) is 4.39. The molecule has 0 heterocycles. The molecular weight excluding hydrogens is 150 g/mol. The Hall–Kier alpha value is -1.39. The van der Waals surface area contributed by atoms with Gasteiger partial charge in [-0.2, -0.15) is 4.99 Å². The number of carbonyl (C=O) groups is 2. The summed E-state index contributed by atoms with van der Waals surface area (Å²) in [5.74, 6) is -1.02. The summed E-state index contributed by atoms with van der Waals surface area (Å²) < 4.78 is 4.46. The van der Waals surface area contributed by atoms with Gasteiger partial charge in [0, 0.05) is 0 Å². The number of hydrogen-bond acceptors (Lipinski definition) is 3. The van der Waals surface area contributed by atoms with Crippen LogP contribution in [0.1, 0.15) is 13.3 Å². The van der Waals surface area contributed by atoms with Gasteiger partial charge in [0.05, 0.1) is 6.42 Å². The first kappa shape index (κ1) is 9.61. The van der Waals surface area contributed by atoms with E-state index in [1.54, 1.807) is 0 Å². The summed E-state index contributed by atoms with van der Waals surface area (Å²) in [7, 11) is 0. The molecule has 5 nitrogen and oxygen atoms in total. The van der Waals surface area contributed by atoms with Crippen LogP contribution in [0.2, 0.25) is 0 Å². The van der Waals surface area contributed by atoms with Crippen LogP contribution in [-0.2, 0) is 9.53 Å². The number of hydrogen-bond donors (Lipinski definition) is 1. The van der Waals surface area contributed by atoms with E-state index in [1.807, 2.05) is 0 Å². The van der Waals surface area contributed by atoms with Crippen molar-refractivity contribution in [2.45, 2.75) is 19.4 Å². The predicted molar refractivity (Wildman–Crippen MR) is 37.7 cm³/mol. The molecule has 0 aliphatic rings. The van der Waals surface area contributed by atoms with Gasteiger partial charge < -0.3 is 9.84 Å². The molecule has 0 aromatic heterocycles. The van der Waals surface area contributed by atoms with Crippen molar-refractivity contribution < 1.29 is 19.4 Å². The Morgan fingerprint density at radius 1 is 1.73 bits per heavy atom. The second-order valence-corrected chi connectivity index (χ2v) is 1.95. The minimum Gasteiger partial charge on any atom is -0.481 e. The second kappa shape index (κ2) is 4.43. The first-order chi connectivity index (χ1) is 5.06. The van der Waals surface area contributed by atoms with E-state index in [4.69, 9.17) is 5.11 Å². The molecule has 62 valence electrons. The van der Waals surface area contributed by atoms with Gasteiger partial charge >= 0.3 is 12.1 Å². The highest BCUT2D eigenvalue weighted by Crippen LogP contribution is 1.98. The third kappa shape index (κ3) is 5.07. The zero-order valence-corrected chi connectivity index (χ0v) is 6.11. The van der Waals surface area contributed by atoms with Gasteiger partial charge in [0.1, 0.15) is 6.10 Å². The van der Waals surface area contributed by atoms with Crippen LogP contribution in [0.25, 0.3) is 0 Å². The van der Waals surface area contributed by atoms with E-state index >= 15 is 0 Å². The van der Waals surface area contributed by atoms with Crippen LogP contribution in [0.15, 0.2) is 4.99 Å². The van der Waals surface area contributed by atoms with Gasteiger partial charge in [-0.15, -0.1) is 0 Å². The van der Waals surface area contributed by atoms with Crippen molar-refractivity contribution in [3.63, 3.8) is 0 Å². The lowest BCUT2D eigenvalue weighted by Gasteiger charge is -2.06. The Morgan fingerprint density at radius 3 is 2.64 bits per heavy atom. The molecule has 0 aliphatic heterocycles. The normalized spacial score (nSPS) is 11.7. The lowest BCUT2D eigenvalue weighted by molar-refractivity contribution is -0.138. The van der Waals surface area contributed by atoms with E-state index in [9.17, 15) is 9.59 Å². The molecule has 1 atom stereocenters. The highest BCUT2D eigenvalue weighted by molar-refractivity contribution is 5.74. The molecule has 0 aromatic rings. The first-order valence-corrected chi connectivity index (χ1v) is 2.95. The minimum atomic E-state index is -1.02. The van der Waals surface area contributed by atoms with Crippen LogP contribution in [0, 0.1) is 0 Å². The number of aliphatic imine (C=N–C) groups is 1. The molecule has 1 N–H and O–H groups in total. The fourth-order valence-electron chi connectivity index (χ4n) is 0.497. The summed E-state index contributed by atoms with van der Waals surface area (Å²) in [6, 6.07) is 0. The fraction of sp³-hybridized carbons (Fsp3) is 0.500. The molecule has 0 aromatic carbocycles. The lowest BCUT2D eigenvalue weighted by atomic mass is 10.3. The third-order valence-corrected chi connectivity index (χ3v) is 0.893. The van der Waals surface area contributed by atoms with Crippen LogP contribution in [0.4, 0.5) is 4.79 Å². The Morgan fingerprint density at radius 2 is 2.27 bits per heavy atom. The van der Waals surface area contributed by atoms with Gasteiger partial charge in [0.25, 0.3) is 0 Å². The average molecular weight is 159 g/mol. The van der Waals surface area contributed by atoms with E-state index in [0.29, 0.717) is 0 Å². The van der Waals surface area contributed by atoms with Gasteiger partial charge in [-0.3, -0.25) is 4.79 Å². The summed E-state index contributed by atoms with van der Waals surface area (Å²) in [6.07, 6.45) is -1.73. The number of carboxylic acids is 1. The van der Waals surface area contributed by atoms with E-state index in [0.717, 1.165) is 0 Å². The third-order valence-electron chi connectivity index (χ3n) is 0.893. The van der Waals surface area contributed by atoms with Crippen molar-refractivity contribution in [3.05, 3.63) is 0 Å². The summed E-state index contributed by atoms with van der Waals surface area (Å²) in [5.41, 5.74) is 0. The molecular formula is C6H9NO4. The maximum atomic E-state index is 10.4. The molecule has 1 amide bonds. The maximum Gasteiger partial charge on any atom is 0.433 e. The number of carbonyl (C=O) groups excluding carboxylic acids is 1. The van der Waals surface area contributed by atoms with E-state index in [-0.39, 0.29) is 6.42 Å². The van der Waals surface area contributed by atoms with Crippen molar-refractivity contribution in [2.75, 3.05) is 0 Å². The predicted octanol–water partition coefficient (Wildman–Crippen LogP) is 0.687. The van der Waals surface area contributed by atoms with Crippen LogP contribution >= 0.6 is 0 Å². The van der Waals surface area contributed by atoms with Crippen LogP contribution in [0.3, 0.4) is 0 Å². The highest BCUT2D eigenvalue weighted by Gasteiger charge is 2.10. The summed E-state index contributed by atoms with van der Waals surface area (Å²) in [4.78, 5) is 23.3. The van der Waals surface area contributed by atoms with E-state index < -0.39 is 18.2 Å². The molecule has 0 aliphatic carbocycles. The lowest BCUT2D eigenvalue weighted by Crippen LogP contribution is -2.16. The fourth-order valence-corrected chi connectivity index (χ4v) is 0.497. The van der Waals surface area contributed by atoms with Gasteiger partial charge in [-0.05, 0) is 13.6 Å². The average Bonchev–Trinajstić information content (AvgIpc) is 1.85. The topological polar surface area (TPSA) is 76.0 Å². The quantitative estimate of drug-likeness (QED) is 0.614. The van der Waals surface area contributed by atoms with Crippen molar-refractivity contribution in [2.24, 2.45) is 4.99 Å². The summed E-state index contributed by atoms with van der Waals surface area (Å²) in [5, 5.41) is 8.23. The Kier molecular flexibility index (Phi) is 3.87. The number of aliphatic carboxylic acids is 1.